The van der Waals surface area contributed by atoms with Crippen molar-refractivity contribution in [2.75, 3.05) is 38.5 Å². The van der Waals surface area contributed by atoms with Gasteiger partial charge in [-0.1, -0.05) is 19.3 Å². The Bertz CT molecular complexity index is 1100. The van der Waals surface area contributed by atoms with Gasteiger partial charge in [-0.15, -0.1) is 11.8 Å². The topological polar surface area (TPSA) is 221 Å². The van der Waals surface area contributed by atoms with Gasteiger partial charge < -0.3 is 41.7 Å². The number of nitrogens with zero attached hydrogens (tertiary/aromatic N) is 1. The minimum absolute atomic E-state index is 0.0231. The van der Waals surface area contributed by atoms with E-state index in [4.69, 9.17) is 10.5 Å². The van der Waals surface area contributed by atoms with E-state index in [1.54, 1.807) is 0 Å². The van der Waals surface area contributed by atoms with Crippen molar-refractivity contribution in [1.29, 1.82) is 0 Å². The molecule has 3 rings (SSSR count). The zero-order valence-corrected chi connectivity index (χ0v) is 30.1. The number of thioether (sulfide) groups is 1. The summed E-state index contributed by atoms with van der Waals surface area (Å²) >= 11 is 1.46. The molecular weight excluding hydrogens is 666 g/mol. The number of hydrogen-bond acceptors (Lipinski definition) is 11. The van der Waals surface area contributed by atoms with E-state index in [9.17, 15) is 39.3 Å². The standard InChI is InChI=1S/C35H59N5O9S/c36-31-33(47)32(46)26(23-41)49-35(31)50-21-9-3-8-19-38-28(43)10-4-1-6-18-37-27(42)11-5-2-7-20-39-34(48)25-14-12-24(13-15-25)22-40-29(44)16-17-30(40)45/h16-17,24-26,31-33,35,41,46-47H,1-15,18-23,36H2,(H,37,42)(H,38,43)(H,39,48)/t24?,25?,26?,31?,32-,33-,35-/m0/s1. The summed E-state index contributed by atoms with van der Waals surface area (Å²) in [4.78, 5) is 61.6. The summed E-state index contributed by atoms with van der Waals surface area (Å²) in [5, 5.41) is 38.1. The largest absolute Gasteiger partial charge is 0.394 e. The first kappa shape index (κ1) is 41.9. The van der Waals surface area contributed by atoms with E-state index in [0.29, 0.717) is 39.0 Å². The number of ether oxygens (including phenoxy) is 1. The van der Waals surface area contributed by atoms with Gasteiger partial charge in [0.05, 0.1) is 12.6 Å². The highest BCUT2D eigenvalue weighted by atomic mass is 32.2. The summed E-state index contributed by atoms with van der Waals surface area (Å²) in [6.45, 7) is 1.84. The van der Waals surface area contributed by atoms with Crippen LogP contribution in [0.3, 0.4) is 0 Å². The Balaban J connectivity index is 1.06. The van der Waals surface area contributed by atoms with Crippen LogP contribution in [-0.4, -0.2) is 118 Å². The van der Waals surface area contributed by atoms with Crippen molar-refractivity contribution in [2.45, 2.75) is 126 Å². The molecule has 3 aliphatic rings. The molecular formula is C35H59N5O9S. The van der Waals surface area contributed by atoms with Crippen LogP contribution < -0.4 is 21.7 Å². The molecule has 2 heterocycles. The molecule has 0 aromatic rings. The molecule has 0 radical (unpaired) electrons. The maximum atomic E-state index is 12.5. The van der Waals surface area contributed by atoms with E-state index >= 15 is 0 Å². The van der Waals surface area contributed by atoms with Crippen LogP contribution in [0.4, 0.5) is 0 Å². The lowest BCUT2D eigenvalue weighted by atomic mass is 9.81. The third-order valence-corrected chi connectivity index (χ3v) is 11.0. The van der Waals surface area contributed by atoms with Gasteiger partial charge >= 0.3 is 0 Å². The number of rotatable bonds is 23. The highest BCUT2D eigenvalue weighted by Crippen LogP contribution is 2.30. The molecule has 0 bridgehead atoms. The van der Waals surface area contributed by atoms with Crippen molar-refractivity contribution in [1.82, 2.24) is 20.9 Å². The van der Waals surface area contributed by atoms with Gasteiger partial charge in [-0.2, -0.15) is 0 Å². The Morgan fingerprint density at radius 2 is 1.32 bits per heavy atom. The lowest BCUT2D eigenvalue weighted by molar-refractivity contribution is -0.165. The Morgan fingerprint density at radius 1 is 0.780 bits per heavy atom. The molecule has 15 heteroatoms. The Kier molecular flexibility index (Phi) is 19.3. The normalized spacial score (nSPS) is 26.6. The molecule has 1 aliphatic carbocycles. The first-order valence-electron chi connectivity index (χ1n) is 18.4. The van der Waals surface area contributed by atoms with Crippen LogP contribution >= 0.6 is 11.8 Å². The maximum absolute atomic E-state index is 12.5. The maximum Gasteiger partial charge on any atom is 0.253 e. The number of nitrogens with two attached hydrogens (primary N) is 1. The first-order chi connectivity index (χ1) is 24.1. The fraction of sp³-hybridized carbons (Fsp3) is 0.800. The predicted octanol–water partition coefficient (Wildman–Crippen LogP) is 0.857. The summed E-state index contributed by atoms with van der Waals surface area (Å²) in [5.74, 6) is 0.589. The molecule has 50 heavy (non-hydrogen) atoms. The SMILES string of the molecule is NC1[C@H](SCCCCCNC(=O)CCCCCNC(=O)CCCCCNC(=O)C2CCC(CN3C(=O)C=CC3=O)CC2)OC(CO)[C@H](O)[C@H]1O. The van der Waals surface area contributed by atoms with E-state index in [2.05, 4.69) is 16.0 Å². The van der Waals surface area contributed by atoms with Crippen molar-refractivity contribution in [3.8, 4) is 0 Å². The number of carbonyl (C=O) groups is 5. The van der Waals surface area contributed by atoms with E-state index in [1.165, 1.54) is 28.8 Å². The molecule has 0 spiro atoms. The molecule has 14 nitrogen and oxygen atoms in total. The highest BCUT2D eigenvalue weighted by molar-refractivity contribution is 7.99. The van der Waals surface area contributed by atoms with Crippen LogP contribution in [-0.2, 0) is 28.7 Å². The third-order valence-electron chi connectivity index (χ3n) is 9.70. The van der Waals surface area contributed by atoms with E-state index < -0.39 is 29.8 Å². The second-order valence-corrected chi connectivity index (χ2v) is 14.9. The number of hydrogen-bond donors (Lipinski definition) is 7. The molecule has 284 valence electrons. The van der Waals surface area contributed by atoms with Gasteiger partial charge in [0.25, 0.3) is 11.8 Å². The molecule has 5 amide bonds. The van der Waals surface area contributed by atoms with Crippen molar-refractivity contribution in [3.63, 3.8) is 0 Å². The Hall–Kier alpha value is -2.56. The van der Waals surface area contributed by atoms with Crippen molar-refractivity contribution >= 4 is 41.3 Å². The van der Waals surface area contributed by atoms with E-state index in [1.807, 2.05) is 0 Å². The molecule has 0 aromatic carbocycles. The van der Waals surface area contributed by atoms with Crippen molar-refractivity contribution in [2.24, 2.45) is 17.6 Å². The van der Waals surface area contributed by atoms with Crippen LogP contribution in [0.1, 0.15) is 96.3 Å². The second-order valence-electron chi connectivity index (χ2n) is 13.7. The average molecular weight is 726 g/mol. The predicted molar refractivity (Wildman–Crippen MR) is 189 cm³/mol. The molecule has 2 unspecified atom stereocenters. The third kappa shape index (κ3) is 14.6. The summed E-state index contributed by atoms with van der Waals surface area (Å²) < 4.78 is 5.61. The fourth-order valence-electron chi connectivity index (χ4n) is 6.50. The molecule has 2 fully saturated rings. The number of amides is 5. The summed E-state index contributed by atoms with van der Waals surface area (Å²) in [6.07, 6.45) is 11.1. The van der Waals surface area contributed by atoms with E-state index in [-0.39, 0.29) is 48.0 Å². The number of aliphatic hydroxyl groups excluding tert-OH is 3. The van der Waals surface area contributed by atoms with Crippen LogP contribution in [0.25, 0.3) is 0 Å². The minimum Gasteiger partial charge on any atom is -0.394 e. The minimum atomic E-state index is -1.20. The summed E-state index contributed by atoms with van der Waals surface area (Å²) in [5.41, 5.74) is 5.46. The van der Waals surface area contributed by atoms with Gasteiger partial charge in [-0.3, -0.25) is 28.9 Å². The van der Waals surface area contributed by atoms with Gasteiger partial charge in [0.2, 0.25) is 17.7 Å². The Morgan fingerprint density at radius 3 is 1.88 bits per heavy atom. The molecule has 0 aromatic heterocycles. The zero-order chi connectivity index (χ0) is 36.3. The molecule has 1 saturated heterocycles. The highest BCUT2D eigenvalue weighted by Gasteiger charge is 2.42. The van der Waals surface area contributed by atoms with Crippen LogP contribution in [0.2, 0.25) is 0 Å². The van der Waals surface area contributed by atoms with Gasteiger partial charge in [-0.05, 0) is 75.9 Å². The number of nitrogens with one attached hydrogen (secondary N) is 3. The Labute approximate surface area is 300 Å². The van der Waals surface area contributed by atoms with Crippen molar-refractivity contribution < 1.29 is 44.0 Å². The van der Waals surface area contributed by atoms with Gasteiger partial charge in [0.15, 0.2) is 0 Å². The average Bonchev–Trinajstić information content (AvgIpc) is 3.42. The molecule has 5 atom stereocenters. The smallest absolute Gasteiger partial charge is 0.253 e. The number of imide groups is 1. The quantitative estimate of drug-likeness (QED) is 0.0579. The first-order valence-corrected chi connectivity index (χ1v) is 19.5. The molecule has 1 saturated carbocycles. The van der Waals surface area contributed by atoms with E-state index in [0.717, 1.165) is 89.2 Å². The lowest BCUT2D eigenvalue weighted by Crippen LogP contribution is -2.60. The summed E-state index contributed by atoms with van der Waals surface area (Å²) in [6, 6.07) is -0.726. The van der Waals surface area contributed by atoms with Crippen molar-refractivity contribution in [3.05, 3.63) is 12.2 Å². The second kappa shape index (κ2) is 23.1. The summed E-state index contributed by atoms with van der Waals surface area (Å²) in [7, 11) is 0. The number of unbranched alkanes of at least 4 members (excludes halogenated alkanes) is 6. The lowest BCUT2D eigenvalue weighted by Gasteiger charge is -2.40. The monoisotopic (exact) mass is 725 g/mol. The van der Waals surface area contributed by atoms with Crippen LogP contribution in [0.15, 0.2) is 12.2 Å². The molecule has 8 N–H and O–H groups in total. The zero-order valence-electron chi connectivity index (χ0n) is 29.3. The molecule has 2 aliphatic heterocycles. The number of aliphatic hydroxyl groups is 3. The van der Waals surface area contributed by atoms with Gasteiger partial charge in [0.1, 0.15) is 23.7 Å². The number of carbonyl (C=O) groups excluding carboxylic acids is 5. The van der Waals surface area contributed by atoms with Gasteiger partial charge in [-0.25, -0.2) is 0 Å². The van der Waals surface area contributed by atoms with Gasteiger partial charge in [0, 0.05) is 57.1 Å². The van der Waals surface area contributed by atoms with Crippen LogP contribution in [0.5, 0.6) is 0 Å². The van der Waals surface area contributed by atoms with Crippen LogP contribution in [0, 0.1) is 11.8 Å². The fourth-order valence-corrected chi connectivity index (χ4v) is 7.70.